The highest BCUT2D eigenvalue weighted by Gasteiger charge is 2.33. The lowest BCUT2D eigenvalue weighted by atomic mass is 9.99. The molecule has 5 nitrogen and oxygen atoms in total. The Labute approximate surface area is 142 Å². The minimum atomic E-state index is -3.57. The van der Waals surface area contributed by atoms with Crippen LogP contribution in [0.5, 0.6) is 5.75 Å². The summed E-state index contributed by atoms with van der Waals surface area (Å²) < 4.78 is 32.2. The Hall–Kier alpha value is -2.36. The molecule has 0 saturated carbocycles. The lowest BCUT2D eigenvalue weighted by Gasteiger charge is -2.17. The number of methoxy groups -OCH3 is 1. The molecule has 0 spiro atoms. The second kappa shape index (κ2) is 6.63. The van der Waals surface area contributed by atoms with Crippen LogP contribution in [-0.2, 0) is 10.0 Å². The van der Waals surface area contributed by atoms with Gasteiger partial charge in [-0.05, 0) is 48.2 Å². The largest absolute Gasteiger partial charge is 0.497 e. The van der Waals surface area contributed by atoms with Crippen molar-refractivity contribution in [3.05, 3.63) is 59.7 Å². The first-order valence-corrected chi connectivity index (χ1v) is 9.13. The molecule has 0 N–H and O–H groups in total. The van der Waals surface area contributed by atoms with Gasteiger partial charge in [0.1, 0.15) is 5.75 Å². The summed E-state index contributed by atoms with van der Waals surface area (Å²) in [5, 5.41) is 8.96. The van der Waals surface area contributed by atoms with E-state index in [4.69, 9.17) is 10.00 Å². The molecule has 6 heteroatoms. The molecule has 0 aromatic heterocycles. The third-order valence-electron chi connectivity index (χ3n) is 4.34. The molecule has 3 rings (SSSR count). The fourth-order valence-corrected chi connectivity index (χ4v) is 4.52. The molecule has 0 bridgehead atoms. The standard InChI is InChI=1S/C18H18N2O3S/c1-23-17-7-5-15(6-8-17)16-9-10-20(13-16)24(21,22)18-4-2-3-14(11-18)12-19/h2-8,11,16H,9-10,13H2,1H3. The van der Waals surface area contributed by atoms with E-state index in [2.05, 4.69) is 0 Å². The second-order valence-electron chi connectivity index (χ2n) is 5.76. The van der Waals surface area contributed by atoms with E-state index in [9.17, 15) is 8.42 Å². The molecular formula is C18H18N2O3S. The summed E-state index contributed by atoms with van der Waals surface area (Å²) in [4.78, 5) is 0.178. The minimum absolute atomic E-state index is 0.171. The summed E-state index contributed by atoms with van der Waals surface area (Å²) in [6, 6.07) is 15.9. The molecule has 1 fully saturated rings. The van der Waals surface area contributed by atoms with Crippen molar-refractivity contribution >= 4 is 10.0 Å². The third-order valence-corrected chi connectivity index (χ3v) is 6.20. The molecule has 1 unspecified atom stereocenters. The molecule has 0 amide bonds. The van der Waals surface area contributed by atoms with Gasteiger partial charge in [-0.3, -0.25) is 0 Å². The van der Waals surface area contributed by atoms with Crippen LogP contribution < -0.4 is 4.74 Å². The zero-order valence-electron chi connectivity index (χ0n) is 13.3. The zero-order chi connectivity index (χ0) is 17.2. The number of benzene rings is 2. The van der Waals surface area contributed by atoms with Crippen molar-refractivity contribution in [1.29, 1.82) is 5.26 Å². The topological polar surface area (TPSA) is 70.4 Å². The van der Waals surface area contributed by atoms with E-state index in [1.54, 1.807) is 19.2 Å². The van der Waals surface area contributed by atoms with Crippen LogP contribution in [0.25, 0.3) is 0 Å². The van der Waals surface area contributed by atoms with E-state index in [-0.39, 0.29) is 10.8 Å². The first-order valence-electron chi connectivity index (χ1n) is 7.69. The number of nitrogens with zero attached hydrogens (tertiary/aromatic N) is 2. The van der Waals surface area contributed by atoms with Gasteiger partial charge in [0.25, 0.3) is 0 Å². The van der Waals surface area contributed by atoms with Gasteiger partial charge in [-0.2, -0.15) is 9.57 Å². The van der Waals surface area contributed by atoms with Crippen molar-refractivity contribution in [2.45, 2.75) is 17.2 Å². The lowest BCUT2D eigenvalue weighted by Crippen LogP contribution is -2.28. The number of sulfonamides is 1. The molecule has 24 heavy (non-hydrogen) atoms. The molecule has 2 aromatic carbocycles. The van der Waals surface area contributed by atoms with Crippen LogP contribution in [-0.4, -0.2) is 32.9 Å². The van der Waals surface area contributed by atoms with Crippen LogP contribution >= 0.6 is 0 Å². The summed E-state index contributed by atoms with van der Waals surface area (Å²) >= 11 is 0. The summed E-state index contributed by atoms with van der Waals surface area (Å²) in [5.41, 5.74) is 1.46. The van der Waals surface area contributed by atoms with Crippen LogP contribution in [0.3, 0.4) is 0 Å². The van der Waals surface area contributed by atoms with Gasteiger partial charge in [-0.1, -0.05) is 18.2 Å². The maximum absolute atomic E-state index is 12.8. The number of ether oxygens (including phenoxy) is 1. The Kier molecular flexibility index (Phi) is 4.56. The van der Waals surface area contributed by atoms with Crippen molar-refractivity contribution < 1.29 is 13.2 Å². The van der Waals surface area contributed by atoms with Crippen molar-refractivity contribution in [1.82, 2.24) is 4.31 Å². The summed E-state index contributed by atoms with van der Waals surface area (Å²) in [5.74, 6) is 0.958. The summed E-state index contributed by atoms with van der Waals surface area (Å²) in [6.45, 7) is 0.932. The molecule has 1 saturated heterocycles. The second-order valence-corrected chi connectivity index (χ2v) is 7.70. The van der Waals surface area contributed by atoms with Crippen LogP contribution in [0, 0.1) is 11.3 Å². The van der Waals surface area contributed by atoms with E-state index in [0.717, 1.165) is 17.7 Å². The highest BCUT2D eigenvalue weighted by Crippen LogP contribution is 2.32. The van der Waals surface area contributed by atoms with E-state index in [1.807, 2.05) is 30.3 Å². The number of hydrogen-bond donors (Lipinski definition) is 0. The van der Waals surface area contributed by atoms with E-state index >= 15 is 0 Å². The van der Waals surface area contributed by atoms with Gasteiger partial charge in [-0.15, -0.1) is 0 Å². The SMILES string of the molecule is COc1ccc(C2CCN(S(=O)(=O)c3cccc(C#N)c3)C2)cc1. The fraction of sp³-hybridized carbons (Fsp3) is 0.278. The van der Waals surface area contributed by atoms with Crippen molar-refractivity contribution in [3.8, 4) is 11.8 Å². The minimum Gasteiger partial charge on any atom is -0.497 e. The smallest absolute Gasteiger partial charge is 0.243 e. The highest BCUT2D eigenvalue weighted by atomic mass is 32.2. The Morgan fingerprint density at radius 3 is 2.62 bits per heavy atom. The predicted octanol–water partition coefficient (Wildman–Crippen LogP) is 2.75. The molecular weight excluding hydrogens is 324 g/mol. The van der Waals surface area contributed by atoms with E-state index in [1.165, 1.54) is 16.4 Å². The molecule has 124 valence electrons. The first-order chi connectivity index (χ1) is 11.5. The van der Waals surface area contributed by atoms with Crippen molar-refractivity contribution in [2.75, 3.05) is 20.2 Å². The quantitative estimate of drug-likeness (QED) is 0.856. The van der Waals surface area contributed by atoms with Gasteiger partial charge < -0.3 is 4.74 Å². The molecule has 0 aliphatic carbocycles. The monoisotopic (exact) mass is 342 g/mol. The number of nitriles is 1. The Morgan fingerprint density at radius 2 is 1.96 bits per heavy atom. The summed E-state index contributed by atoms with van der Waals surface area (Å²) in [7, 11) is -1.95. The Balaban J connectivity index is 1.80. The Morgan fingerprint density at radius 1 is 1.21 bits per heavy atom. The molecule has 0 radical (unpaired) electrons. The van der Waals surface area contributed by atoms with E-state index < -0.39 is 10.0 Å². The first kappa shape index (κ1) is 16.5. The molecule has 1 aliphatic rings. The normalized spacial score (nSPS) is 18.2. The average Bonchev–Trinajstić information content (AvgIpc) is 3.13. The van der Waals surface area contributed by atoms with Crippen molar-refractivity contribution in [2.24, 2.45) is 0 Å². The van der Waals surface area contributed by atoms with Gasteiger partial charge in [-0.25, -0.2) is 8.42 Å². The van der Waals surface area contributed by atoms with Crippen LogP contribution in [0.4, 0.5) is 0 Å². The van der Waals surface area contributed by atoms with Crippen LogP contribution in [0.2, 0.25) is 0 Å². The zero-order valence-corrected chi connectivity index (χ0v) is 14.2. The van der Waals surface area contributed by atoms with Gasteiger partial charge in [0.15, 0.2) is 0 Å². The maximum Gasteiger partial charge on any atom is 0.243 e. The number of rotatable bonds is 4. The van der Waals surface area contributed by atoms with Crippen molar-refractivity contribution in [3.63, 3.8) is 0 Å². The molecule has 1 atom stereocenters. The predicted molar refractivity (Wildman–Crippen MR) is 90.3 cm³/mol. The fourth-order valence-electron chi connectivity index (χ4n) is 2.97. The number of hydrogen-bond acceptors (Lipinski definition) is 4. The highest BCUT2D eigenvalue weighted by molar-refractivity contribution is 7.89. The summed E-state index contributed by atoms with van der Waals surface area (Å²) in [6.07, 6.45) is 0.781. The van der Waals surface area contributed by atoms with Gasteiger partial charge >= 0.3 is 0 Å². The van der Waals surface area contributed by atoms with Crippen LogP contribution in [0.1, 0.15) is 23.5 Å². The van der Waals surface area contributed by atoms with Crippen LogP contribution in [0.15, 0.2) is 53.4 Å². The van der Waals surface area contributed by atoms with Gasteiger partial charge in [0, 0.05) is 13.1 Å². The average molecular weight is 342 g/mol. The third kappa shape index (κ3) is 3.14. The molecule has 1 aliphatic heterocycles. The molecule has 2 aromatic rings. The maximum atomic E-state index is 12.8. The van der Waals surface area contributed by atoms with E-state index in [0.29, 0.717) is 18.7 Å². The Bertz CT molecular complexity index is 870. The van der Waals surface area contributed by atoms with Gasteiger partial charge in [0.05, 0.1) is 23.6 Å². The molecule has 1 heterocycles. The lowest BCUT2D eigenvalue weighted by molar-refractivity contribution is 0.414. The van der Waals surface area contributed by atoms with Gasteiger partial charge in [0.2, 0.25) is 10.0 Å².